The van der Waals surface area contributed by atoms with E-state index in [1.54, 1.807) is 6.20 Å². The van der Waals surface area contributed by atoms with Crippen LogP contribution < -0.4 is 0 Å². The number of benzene rings is 1. The summed E-state index contributed by atoms with van der Waals surface area (Å²) in [5.74, 6) is 0. The molecule has 54 valence electrons. The van der Waals surface area contributed by atoms with Gasteiger partial charge in [0.05, 0.1) is 5.52 Å². The second kappa shape index (κ2) is 2.55. The largest absolute Gasteiger partial charge is 0.256 e. The summed E-state index contributed by atoms with van der Waals surface area (Å²) in [7, 11) is 0. The minimum absolute atomic E-state index is 0.982. The monoisotopic (exact) mass is 161 g/mol. The van der Waals surface area contributed by atoms with Crippen LogP contribution in [0.15, 0.2) is 41.4 Å². The normalized spacial score (nSPS) is 10.3. The molecule has 0 aliphatic carbocycles. The highest BCUT2D eigenvalue weighted by Crippen LogP contribution is 2.18. The van der Waals surface area contributed by atoms with E-state index >= 15 is 0 Å². The smallest absolute Gasteiger partial charge is 0.0713 e. The third-order valence-corrected chi connectivity index (χ3v) is 2.01. The molecule has 1 aromatic heterocycles. The summed E-state index contributed by atoms with van der Waals surface area (Å²) in [6, 6.07) is 9.84. The standard InChI is InChI=1S/C9H7NS/c11-9-5-1-4-8-7(9)3-2-6-10-8/h1-6,11H. The topological polar surface area (TPSA) is 12.9 Å². The van der Waals surface area contributed by atoms with Crippen molar-refractivity contribution in [3.8, 4) is 0 Å². The molecule has 0 radical (unpaired) electrons. The lowest BCUT2D eigenvalue weighted by Crippen LogP contribution is -1.76. The number of fused-ring (bicyclic) bond motifs is 1. The Morgan fingerprint density at radius 3 is 2.82 bits per heavy atom. The van der Waals surface area contributed by atoms with Crippen LogP contribution in [0.5, 0.6) is 0 Å². The molecule has 1 heterocycles. The average Bonchev–Trinajstić information content (AvgIpc) is 2.06. The van der Waals surface area contributed by atoms with Gasteiger partial charge < -0.3 is 0 Å². The van der Waals surface area contributed by atoms with Crippen LogP contribution in [-0.2, 0) is 0 Å². The van der Waals surface area contributed by atoms with Crippen LogP contribution in [0.2, 0.25) is 0 Å². The van der Waals surface area contributed by atoms with Crippen molar-refractivity contribution in [2.24, 2.45) is 0 Å². The van der Waals surface area contributed by atoms with Gasteiger partial charge in [-0.15, -0.1) is 12.6 Å². The van der Waals surface area contributed by atoms with E-state index in [0.29, 0.717) is 0 Å². The molecule has 0 saturated carbocycles. The highest BCUT2D eigenvalue weighted by Gasteiger charge is 1.94. The van der Waals surface area contributed by atoms with E-state index in [2.05, 4.69) is 17.6 Å². The number of hydrogen-bond donors (Lipinski definition) is 1. The summed E-state index contributed by atoms with van der Waals surface area (Å²) in [6.45, 7) is 0. The summed E-state index contributed by atoms with van der Waals surface area (Å²) in [4.78, 5) is 5.18. The van der Waals surface area contributed by atoms with Crippen molar-refractivity contribution < 1.29 is 0 Å². The Hall–Kier alpha value is -1.02. The van der Waals surface area contributed by atoms with Crippen molar-refractivity contribution in [2.75, 3.05) is 0 Å². The van der Waals surface area contributed by atoms with E-state index in [4.69, 9.17) is 0 Å². The van der Waals surface area contributed by atoms with Gasteiger partial charge in [-0.05, 0) is 18.2 Å². The maximum absolute atomic E-state index is 4.31. The van der Waals surface area contributed by atoms with E-state index < -0.39 is 0 Å². The van der Waals surface area contributed by atoms with E-state index in [1.165, 1.54) is 0 Å². The van der Waals surface area contributed by atoms with Crippen molar-refractivity contribution in [1.29, 1.82) is 0 Å². The molecule has 0 bridgehead atoms. The number of rotatable bonds is 0. The van der Waals surface area contributed by atoms with Crippen molar-refractivity contribution in [3.63, 3.8) is 0 Å². The molecule has 11 heavy (non-hydrogen) atoms. The molecule has 0 atom stereocenters. The first-order valence-electron chi connectivity index (χ1n) is 3.40. The van der Waals surface area contributed by atoms with Crippen LogP contribution in [0.1, 0.15) is 0 Å². The lowest BCUT2D eigenvalue weighted by Gasteiger charge is -1.97. The third kappa shape index (κ3) is 1.10. The fourth-order valence-corrected chi connectivity index (χ4v) is 1.36. The molecule has 2 rings (SSSR count). The average molecular weight is 161 g/mol. The van der Waals surface area contributed by atoms with Gasteiger partial charge in [0.15, 0.2) is 0 Å². The van der Waals surface area contributed by atoms with Crippen LogP contribution >= 0.6 is 12.6 Å². The molecule has 2 heteroatoms. The quantitative estimate of drug-likeness (QED) is 0.586. The predicted molar refractivity (Wildman–Crippen MR) is 49.0 cm³/mol. The highest BCUT2D eigenvalue weighted by molar-refractivity contribution is 7.80. The Morgan fingerprint density at radius 1 is 1.09 bits per heavy atom. The van der Waals surface area contributed by atoms with Crippen molar-refractivity contribution in [2.45, 2.75) is 4.90 Å². The minimum atomic E-state index is 0.982. The lowest BCUT2D eigenvalue weighted by atomic mass is 10.2. The molecule has 1 nitrogen and oxygen atoms in total. The molecule has 0 unspecified atom stereocenters. The third-order valence-electron chi connectivity index (χ3n) is 1.62. The number of hydrogen-bond acceptors (Lipinski definition) is 2. The summed E-state index contributed by atoms with van der Waals surface area (Å²) in [5, 5.41) is 1.11. The van der Waals surface area contributed by atoms with E-state index in [-0.39, 0.29) is 0 Å². The van der Waals surface area contributed by atoms with Gasteiger partial charge in [0, 0.05) is 16.5 Å². The van der Waals surface area contributed by atoms with Crippen LogP contribution in [0.25, 0.3) is 10.9 Å². The first-order chi connectivity index (χ1) is 5.38. The molecule has 0 saturated heterocycles. The minimum Gasteiger partial charge on any atom is -0.256 e. The van der Waals surface area contributed by atoms with E-state index in [0.717, 1.165) is 15.8 Å². The summed E-state index contributed by atoms with van der Waals surface area (Å²) in [6.07, 6.45) is 1.79. The molecule has 0 aliphatic rings. The zero-order valence-corrected chi connectivity index (χ0v) is 6.75. The Bertz CT molecular complexity index is 379. The maximum atomic E-state index is 4.31. The van der Waals surface area contributed by atoms with Crippen molar-refractivity contribution >= 4 is 23.5 Å². The fourth-order valence-electron chi connectivity index (χ4n) is 1.09. The number of pyridine rings is 1. The van der Waals surface area contributed by atoms with E-state index in [9.17, 15) is 0 Å². The molecule has 0 aliphatic heterocycles. The van der Waals surface area contributed by atoms with Gasteiger partial charge in [-0.3, -0.25) is 4.98 Å². The molecule has 0 amide bonds. The summed E-state index contributed by atoms with van der Waals surface area (Å²) >= 11 is 4.31. The molecular weight excluding hydrogens is 154 g/mol. The van der Waals surface area contributed by atoms with Gasteiger partial charge in [0.1, 0.15) is 0 Å². The van der Waals surface area contributed by atoms with Gasteiger partial charge in [-0.25, -0.2) is 0 Å². The Balaban J connectivity index is 2.91. The van der Waals surface area contributed by atoms with Crippen LogP contribution in [-0.4, -0.2) is 4.98 Å². The Labute approximate surface area is 70.5 Å². The zero-order chi connectivity index (χ0) is 7.68. The lowest BCUT2D eigenvalue weighted by molar-refractivity contribution is 1.39. The number of aromatic nitrogens is 1. The first-order valence-corrected chi connectivity index (χ1v) is 3.85. The molecule has 1 aromatic carbocycles. The fraction of sp³-hybridized carbons (Fsp3) is 0. The molecule has 0 fully saturated rings. The molecular formula is C9H7NS. The maximum Gasteiger partial charge on any atom is 0.0713 e. The zero-order valence-electron chi connectivity index (χ0n) is 5.86. The first kappa shape index (κ1) is 6.68. The summed E-state index contributed by atoms with van der Waals surface area (Å²) < 4.78 is 0. The Kier molecular flexibility index (Phi) is 1.55. The van der Waals surface area contributed by atoms with Crippen LogP contribution in [0.3, 0.4) is 0 Å². The second-order valence-electron chi connectivity index (χ2n) is 2.35. The van der Waals surface area contributed by atoms with Gasteiger partial charge in [-0.1, -0.05) is 12.1 Å². The molecule has 2 aromatic rings. The van der Waals surface area contributed by atoms with E-state index in [1.807, 2.05) is 30.3 Å². The Morgan fingerprint density at radius 2 is 2.00 bits per heavy atom. The van der Waals surface area contributed by atoms with Crippen molar-refractivity contribution in [1.82, 2.24) is 4.98 Å². The van der Waals surface area contributed by atoms with Gasteiger partial charge in [0.2, 0.25) is 0 Å². The molecule has 0 N–H and O–H groups in total. The van der Waals surface area contributed by atoms with Crippen molar-refractivity contribution in [3.05, 3.63) is 36.5 Å². The predicted octanol–water partition coefficient (Wildman–Crippen LogP) is 2.52. The van der Waals surface area contributed by atoms with Crippen LogP contribution in [0, 0.1) is 0 Å². The number of nitrogens with zero attached hydrogens (tertiary/aromatic N) is 1. The van der Waals surface area contributed by atoms with Crippen LogP contribution in [0.4, 0.5) is 0 Å². The van der Waals surface area contributed by atoms with Gasteiger partial charge in [0.25, 0.3) is 0 Å². The summed E-state index contributed by atoms with van der Waals surface area (Å²) in [5.41, 5.74) is 1.00. The van der Waals surface area contributed by atoms with Gasteiger partial charge in [-0.2, -0.15) is 0 Å². The molecule has 0 spiro atoms. The second-order valence-corrected chi connectivity index (χ2v) is 2.83. The SMILES string of the molecule is Sc1cccc2ncccc12. The number of thiol groups is 1. The highest BCUT2D eigenvalue weighted by atomic mass is 32.1. The van der Waals surface area contributed by atoms with Gasteiger partial charge >= 0.3 is 0 Å².